The molecule has 0 amide bonds. The van der Waals surface area contributed by atoms with E-state index in [4.69, 9.17) is 4.55 Å². The summed E-state index contributed by atoms with van der Waals surface area (Å²) < 4.78 is 31.6. The zero-order chi connectivity index (χ0) is 11.4. The fourth-order valence-corrected chi connectivity index (χ4v) is 3.52. The van der Waals surface area contributed by atoms with E-state index in [1.54, 1.807) is 0 Å². The van der Waals surface area contributed by atoms with E-state index in [0.717, 1.165) is 45.3 Å². The Morgan fingerprint density at radius 3 is 2.27 bits per heavy atom. The molecule has 1 fully saturated rings. The minimum absolute atomic E-state index is 0.0903. The maximum Gasteiger partial charge on any atom is 0.316 e. The molecule has 15 heavy (non-hydrogen) atoms. The van der Waals surface area contributed by atoms with Crippen LogP contribution in [0.4, 0.5) is 0 Å². The molecule has 0 spiro atoms. The lowest BCUT2D eigenvalue weighted by atomic mass is 10.1. The van der Waals surface area contributed by atoms with Crippen LogP contribution in [0.5, 0.6) is 0 Å². The highest BCUT2D eigenvalue weighted by Crippen LogP contribution is 2.21. The first-order valence-corrected chi connectivity index (χ1v) is 7.39. The molecule has 1 aliphatic rings. The molecule has 1 rings (SSSR count). The lowest BCUT2D eigenvalue weighted by Gasteiger charge is -2.40. The van der Waals surface area contributed by atoms with Crippen molar-refractivity contribution in [3.05, 3.63) is 0 Å². The van der Waals surface area contributed by atoms with Crippen molar-refractivity contribution >= 4 is 10.1 Å². The van der Waals surface area contributed by atoms with Gasteiger partial charge < -0.3 is 4.48 Å². The minimum atomic E-state index is -3.84. The maximum absolute atomic E-state index is 11.0. The number of likely N-dealkylation sites (tertiary alicyclic amines) is 1. The van der Waals surface area contributed by atoms with Crippen molar-refractivity contribution in [2.45, 2.75) is 39.0 Å². The summed E-state index contributed by atoms with van der Waals surface area (Å²) in [6, 6.07) is 0. The van der Waals surface area contributed by atoms with Crippen LogP contribution in [0, 0.1) is 0 Å². The van der Waals surface area contributed by atoms with Crippen LogP contribution in [0.1, 0.15) is 39.0 Å². The van der Waals surface area contributed by atoms with Crippen LogP contribution in [-0.2, 0) is 10.1 Å². The summed E-state index contributed by atoms with van der Waals surface area (Å²) in [4.78, 5) is 0. The van der Waals surface area contributed by atoms with Crippen LogP contribution in [-0.4, -0.2) is 43.0 Å². The molecule has 1 N–H and O–H groups in total. The molecule has 1 heterocycles. The summed E-state index contributed by atoms with van der Waals surface area (Å²) in [5.41, 5.74) is 0. The van der Waals surface area contributed by atoms with Gasteiger partial charge in [-0.2, -0.15) is 8.42 Å². The van der Waals surface area contributed by atoms with E-state index in [0.29, 0.717) is 4.48 Å². The van der Waals surface area contributed by atoms with E-state index in [9.17, 15) is 8.42 Å². The monoisotopic (exact) mass is 236 g/mol. The molecule has 90 valence electrons. The van der Waals surface area contributed by atoms with Crippen molar-refractivity contribution in [2.24, 2.45) is 0 Å². The van der Waals surface area contributed by atoms with E-state index in [-0.39, 0.29) is 5.88 Å². The lowest BCUT2D eigenvalue weighted by Crippen LogP contribution is -2.54. The second kappa shape index (κ2) is 5.27. The summed E-state index contributed by atoms with van der Waals surface area (Å²) in [5, 5.41) is 0. The van der Waals surface area contributed by atoms with Gasteiger partial charge in [0.1, 0.15) is 0 Å². The van der Waals surface area contributed by atoms with Gasteiger partial charge in [0.15, 0.2) is 0 Å². The van der Waals surface area contributed by atoms with Gasteiger partial charge in [0.05, 0.1) is 19.6 Å². The summed E-state index contributed by atoms with van der Waals surface area (Å²) in [6.07, 6.45) is 5.47. The van der Waals surface area contributed by atoms with Crippen LogP contribution in [0.15, 0.2) is 0 Å². The first-order chi connectivity index (χ1) is 6.97. The molecule has 1 saturated heterocycles. The summed E-state index contributed by atoms with van der Waals surface area (Å²) >= 11 is 0. The van der Waals surface area contributed by atoms with Crippen molar-refractivity contribution < 1.29 is 17.5 Å². The molecule has 5 heteroatoms. The second-order valence-corrected chi connectivity index (χ2v) is 6.06. The zero-order valence-electron chi connectivity index (χ0n) is 9.48. The maximum atomic E-state index is 11.0. The van der Waals surface area contributed by atoms with Gasteiger partial charge in [0.2, 0.25) is 5.88 Å². The summed E-state index contributed by atoms with van der Waals surface area (Å²) in [5.74, 6) is -0.0903. The van der Waals surface area contributed by atoms with Gasteiger partial charge in [-0.3, -0.25) is 4.55 Å². The topological polar surface area (TPSA) is 54.4 Å². The Morgan fingerprint density at radius 2 is 1.80 bits per heavy atom. The van der Waals surface area contributed by atoms with E-state index >= 15 is 0 Å². The Labute approximate surface area is 92.6 Å². The third kappa shape index (κ3) is 4.49. The number of nitrogens with zero attached hydrogens (tertiary/aromatic N) is 1. The highest BCUT2D eigenvalue weighted by molar-refractivity contribution is 7.85. The van der Waals surface area contributed by atoms with E-state index < -0.39 is 10.1 Å². The normalized spacial score (nSPS) is 21.5. The molecule has 1 aliphatic heterocycles. The summed E-state index contributed by atoms with van der Waals surface area (Å²) in [7, 11) is -3.84. The first-order valence-electron chi connectivity index (χ1n) is 5.78. The molecule has 4 nitrogen and oxygen atoms in total. The van der Waals surface area contributed by atoms with Crippen LogP contribution < -0.4 is 0 Å². The minimum Gasteiger partial charge on any atom is -0.309 e. The first kappa shape index (κ1) is 12.9. The number of piperidine rings is 1. The Kier molecular flexibility index (Phi) is 4.55. The smallest absolute Gasteiger partial charge is 0.309 e. The van der Waals surface area contributed by atoms with E-state index in [1.165, 1.54) is 6.42 Å². The predicted molar refractivity (Wildman–Crippen MR) is 60.0 cm³/mol. The Bertz CT molecular complexity index is 281. The Balaban J connectivity index is 2.66. The van der Waals surface area contributed by atoms with Crippen molar-refractivity contribution in [3.63, 3.8) is 0 Å². The van der Waals surface area contributed by atoms with Gasteiger partial charge in [-0.25, -0.2) is 0 Å². The van der Waals surface area contributed by atoms with Crippen LogP contribution in [0.2, 0.25) is 0 Å². The highest BCUT2D eigenvalue weighted by Gasteiger charge is 2.33. The third-order valence-electron chi connectivity index (χ3n) is 3.19. The van der Waals surface area contributed by atoms with Gasteiger partial charge >= 0.3 is 10.1 Å². The van der Waals surface area contributed by atoms with Crippen molar-refractivity contribution in [2.75, 3.05) is 25.5 Å². The molecule has 0 aromatic carbocycles. The molecule has 0 saturated carbocycles. The van der Waals surface area contributed by atoms with E-state index in [2.05, 4.69) is 6.92 Å². The van der Waals surface area contributed by atoms with Gasteiger partial charge in [-0.1, -0.05) is 13.3 Å². The number of rotatable bonds is 5. The van der Waals surface area contributed by atoms with Crippen LogP contribution in [0.25, 0.3) is 0 Å². The van der Waals surface area contributed by atoms with Crippen molar-refractivity contribution in [1.29, 1.82) is 0 Å². The van der Waals surface area contributed by atoms with Gasteiger partial charge in [0, 0.05) is 0 Å². The molecule has 0 aromatic rings. The van der Waals surface area contributed by atoms with Gasteiger partial charge in [-0.05, 0) is 25.7 Å². The predicted octanol–water partition coefficient (Wildman–Crippen LogP) is 1.63. The molecule has 0 bridgehead atoms. The average Bonchev–Trinajstić information content (AvgIpc) is 2.14. The van der Waals surface area contributed by atoms with Gasteiger partial charge in [0.25, 0.3) is 0 Å². The molecule has 0 aromatic heterocycles. The molecule has 0 unspecified atom stereocenters. The van der Waals surface area contributed by atoms with Crippen LogP contribution >= 0.6 is 0 Å². The van der Waals surface area contributed by atoms with E-state index in [1.807, 2.05) is 0 Å². The molecular weight excluding hydrogens is 214 g/mol. The number of hydrogen-bond donors (Lipinski definition) is 1. The summed E-state index contributed by atoms with van der Waals surface area (Å²) in [6.45, 7) is 4.80. The Morgan fingerprint density at radius 1 is 1.20 bits per heavy atom. The zero-order valence-corrected chi connectivity index (χ0v) is 10.3. The van der Waals surface area contributed by atoms with Crippen molar-refractivity contribution in [1.82, 2.24) is 0 Å². The van der Waals surface area contributed by atoms with Crippen molar-refractivity contribution in [3.8, 4) is 0 Å². The fraction of sp³-hybridized carbons (Fsp3) is 1.00. The molecular formula is C10H22NO3S+. The molecule has 0 atom stereocenters. The standard InChI is InChI=1S/C10H21NO3S/c1-2-3-7-11(10-15(12,13)14)8-5-4-6-9-11/h2-10H2,1H3/p+1. The van der Waals surface area contributed by atoms with Crippen LogP contribution in [0.3, 0.4) is 0 Å². The highest BCUT2D eigenvalue weighted by atomic mass is 32.2. The SMILES string of the molecule is CCCC[N+]1(CS(=O)(=O)O)CCCCC1. The number of quaternary nitrogens is 1. The lowest BCUT2D eigenvalue weighted by molar-refractivity contribution is -0.922. The largest absolute Gasteiger partial charge is 0.316 e. The number of unbranched alkanes of at least 4 members (excludes halogenated alkanes) is 1. The molecule has 0 aliphatic carbocycles. The Hall–Kier alpha value is -0.130. The fourth-order valence-electron chi connectivity index (χ4n) is 2.44. The molecule has 0 radical (unpaired) electrons. The quantitative estimate of drug-likeness (QED) is 0.583. The third-order valence-corrected chi connectivity index (χ3v) is 4.06. The average molecular weight is 236 g/mol. The second-order valence-electron chi connectivity index (χ2n) is 4.64. The van der Waals surface area contributed by atoms with Gasteiger partial charge in [-0.15, -0.1) is 0 Å². The number of hydrogen-bond acceptors (Lipinski definition) is 2.